The molecule has 0 atom stereocenters. The fourth-order valence-corrected chi connectivity index (χ4v) is 2.36. The lowest BCUT2D eigenvalue weighted by Gasteiger charge is -2.38. The Labute approximate surface area is 129 Å². The lowest BCUT2D eigenvalue weighted by atomic mass is 9.78. The molecule has 0 aromatic carbocycles. The molecule has 0 saturated carbocycles. The van der Waals surface area contributed by atoms with Gasteiger partial charge >= 0.3 is 0 Å². The molecular weight excluding hydrogens is 268 g/mol. The molecule has 0 aromatic rings. The maximum atomic E-state index is 8.81. The average molecular weight is 295 g/mol. The predicted molar refractivity (Wildman–Crippen MR) is 88.6 cm³/mol. The number of rotatable bonds is 5. The molecule has 0 unspecified atom stereocenters. The molecular formula is C17H27ClN2. The van der Waals surface area contributed by atoms with Crippen LogP contribution in [0.25, 0.3) is 0 Å². The van der Waals surface area contributed by atoms with Gasteiger partial charge in [-0.15, -0.1) is 0 Å². The summed E-state index contributed by atoms with van der Waals surface area (Å²) in [5.41, 5.74) is 1.20. The molecule has 0 bridgehead atoms. The Morgan fingerprint density at radius 2 is 1.95 bits per heavy atom. The van der Waals surface area contributed by atoms with Gasteiger partial charge in [0.15, 0.2) is 0 Å². The summed E-state index contributed by atoms with van der Waals surface area (Å²) < 4.78 is 0. The number of likely N-dealkylation sites (tertiary alicyclic amines) is 1. The molecule has 1 fully saturated rings. The van der Waals surface area contributed by atoms with Crippen LogP contribution in [0.5, 0.6) is 0 Å². The zero-order valence-electron chi connectivity index (χ0n) is 13.1. The first kappa shape index (κ1) is 19.0. The molecule has 1 aliphatic rings. The standard InChI is InChI=1S/C15H21ClN2.C2H6/c1-4-14(16)11-13(2)12-18-9-6-15(3,5-8-17)7-10-18;1-2/h4,11H,1-2,5-7,9-10,12H2,3H3;1-2H3/b14-11+;. The Morgan fingerprint density at radius 1 is 1.40 bits per heavy atom. The first-order valence-corrected chi connectivity index (χ1v) is 7.63. The van der Waals surface area contributed by atoms with Crippen LogP contribution in [0, 0.1) is 16.7 Å². The van der Waals surface area contributed by atoms with Crippen LogP contribution in [-0.2, 0) is 0 Å². The normalized spacial score (nSPS) is 18.4. The molecule has 2 nitrogen and oxygen atoms in total. The van der Waals surface area contributed by atoms with Crippen LogP contribution in [0.2, 0.25) is 0 Å². The molecule has 1 saturated heterocycles. The Hall–Kier alpha value is -1.04. The summed E-state index contributed by atoms with van der Waals surface area (Å²) in [5.74, 6) is 0. The highest BCUT2D eigenvalue weighted by Crippen LogP contribution is 2.34. The van der Waals surface area contributed by atoms with Gasteiger partial charge in [0.25, 0.3) is 0 Å². The SMILES string of the molecule is C=C/C(Cl)=C\C(=C)CN1CCC(C)(CC#N)CC1.CC. The quantitative estimate of drug-likeness (QED) is 0.675. The Bertz CT molecular complexity index is 382. The van der Waals surface area contributed by atoms with Crippen molar-refractivity contribution in [2.75, 3.05) is 19.6 Å². The van der Waals surface area contributed by atoms with E-state index < -0.39 is 0 Å². The second-order valence-electron chi connectivity index (χ2n) is 5.31. The van der Waals surface area contributed by atoms with Crippen LogP contribution in [0.3, 0.4) is 0 Å². The topological polar surface area (TPSA) is 27.0 Å². The maximum Gasteiger partial charge on any atom is 0.0627 e. The number of piperidine rings is 1. The molecule has 0 aliphatic carbocycles. The summed E-state index contributed by atoms with van der Waals surface area (Å²) >= 11 is 5.89. The largest absolute Gasteiger partial charge is 0.299 e. The van der Waals surface area contributed by atoms with Gasteiger partial charge in [-0.3, -0.25) is 4.90 Å². The first-order valence-electron chi connectivity index (χ1n) is 7.26. The molecule has 1 aliphatic heterocycles. The van der Waals surface area contributed by atoms with E-state index in [0.29, 0.717) is 11.5 Å². The molecule has 1 heterocycles. The number of nitrogens with zero attached hydrogens (tertiary/aromatic N) is 2. The second kappa shape index (κ2) is 9.80. The van der Waals surface area contributed by atoms with Gasteiger partial charge < -0.3 is 0 Å². The van der Waals surface area contributed by atoms with Crippen molar-refractivity contribution in [3.63, 3.8) is 0 Å². The summed E-state index contributed by atoms with van der Waals surface area (Å²) in [6.45, 7) is 16.7. The minimum absolute atomic E-state index is 0.196. The third-order valence-electron chi connectivity index (χ3n) is 3.53. The molecule has 0 aromatic heterocycles. The number of hydrogen-bond donors (Lipinski definition) is 0. The summed E-state index contributed by atoms with van der Waals surface area (Å²) in [7, 11) is 0. The maximum absolute atomic E-state index is 8.81. The van der Waals surface area contributed by atoms with Crippen LogP contribution in [0.1, 0.15) is 40.0 Å². The van der Waals surface area contributed by atoms with Crippen molar-refractivity contribution in [2.24, 2.45) is 5.41 Å². The van der Waals surface area contributed by atoms with Crippen LogP contribution >= 0.6 is 11.6 Å². The van der Waals surface area contributed by atoms with E-state index in [4.69, 9.17) is 16.9 Å². The monoisotopic (exact) mass is 294 g/mol. The highest BCUT2D eigenvalue weighted by Gasteiger charge is 2.29. The number of hydrogen-bond acceptors (Lipinski definition) is 2. The van der Waals surface area contributed by atoms with Crippen LogP contribution in [0.4, 0.5) is 0 Å². The number of halogens is 1. The third-order valence-corrected chi connectivity index (χ3v) is 3.80. The van der Waals surface area contributed by atoms with Crippen molar-refractivity contribution in [3.05, 3.63) is 35.9 Å². The van der Waals surface area contributed by atoms with Crippen molar-refractivity contribution in [3.8, 4) is 6.07 Å². The number of nitriles is 1. The Kier molecular flexibility index (Phi) is 9.29. The van der Waals surface area contributed by atoms with Crippen molar-refractivity contribution >= 4 is 11.6 Å². The molecule has 3 heteroatoms. The van der Waals surface area contributed by atoms with Gasteiger partial charge in [0.2, 0.25) is 0 Å². The van der Waals surface area contributed by atoms with Crippen LogP contribution in [-0.4, -0.2) is 24.5 Å². The van der Waals surface area contributed by atoms with E-state index in [1.54, 1.807) is 6.08 Å². The molecule has 0 N–H and O–H groups in total. The van der Waals surface area contributed by atoms with Gasteiger partial charge in [-0.1, -0.05) is 51.6 Å². The molecule has 20 heavy (non-hydrogen) atoms. The first-order chi connectivity index (χ1) is 9.49. The van der Waals surface area contributed by atoms with Gasteiger partial charge in [0.05, 0.1) is 6.07 Å². The van der Waals surface area contributed by atoms with Crippen molar-refractivity contribution in [1.82, 2.24) is 4.90 Å². The van der Waals surface area contributed by atoms with Gasteiger partial charge in [-0.25, -0.2) is 0 Å². The van der Waals surface area contributed by atoms with E-state index in [-0.39, 0.29) is 5.41 Å². The van der Waals surface area contributed by atoms with E-state index >= 15 is 0 Å². The van der Waals surface area contributed by atoms with Gasteiger partial charge in [0, 0.05) is 18.0 Å². The second-order valence-corrected chi connectivity index (χ2v) is 5.75. The highest BCUT2D eigenvalue weighted by molar-refractivity contribution is 6.31. The molecule has 0 spiro atoms. The summed E-state index contributed by atoms with van der Waals surface area (Å²) in [6, 6.07) is 2.29. The van der Waals surface area contributed by atoms with E-state index in [0.717, 1.165) is 38.0 Å². The lowest BCUT2D eigenvalue weighted by Crippen LogP contribution is -2.39. The van der Waals surface area contributed by atoms with E-state index in [1.807, 2.05) is 19.9 Å². The fourth-order valence-electron chi connectivity index (χ4n) is 2.21. The zero-order chi connectivity index (χ0) is 15.6. The summed E-state index contributed by atoms with van der Waals surface area (Å²) in [5, 5.41) is 9.44. The molecule has 0 radical (unpaired) electrons. The van der Waals surface area contributed by atoms with Crippen LogP contribution < -0.4 is 0 Å². The van der Waals surface area contributed by atoms with Crippen molar-refractivity contribution in [2.45, 2.75) is 40.0 Å². The Balaban J connectivity index is 0.00000172. The van der Waals surface area contributed by atoms with E-state index in [1.165, 1.54) is 0 Å². The minimum atomic E-state index is 0.196. The third kappa shape index (κ3) is 6.93. The fraction of sp³-hybridized carbons (Fsp3) is 0.588. The van der Waals surface area contributed by atoms with Crippen LogP contribution in [0.15, 0.2) is 35.9 Å². The highest BCUT2D eigenvalue weighted by atomic mass is 35.5. The summed E-state index contributed by atoms with van der Waals surface area (Å²) in [4.78, 5) is 2.37. The van der Waals surface area contributed by atoms with E-state index in [9.17, 15) is 0 Å². The van der Waals surface area contributed by atoms with Crippen molar-refractivity contribution < 1.29 is 0 Å². The minimum Gasteiger partial charge on any atom is -0.299 e. The average Bonchev–Trinajstić information content (AvgIpc) is 2.44. The predicted octanol–water partition coefficient (Wildman–Crippen LogP) is 4.89. The van der Waals surface area contributed by atoms with E-state index in [2.05, 4.69) is 31.1 Å². The summed E-state index contributed by atoms with van der Waals surface area (Å²) in [6.07, 6.45) is 6.29. The smallest absolute Gasteiger partial charge is 0.0627 e. The Morgan fingerprint density at radius 3 is 2.40 bits per heavy atom. The van der Waals surface area contributed by atoms with Crippen molar-refractivity contribution in [1.29, 1.82) is 5.26 Å². The molecule has 112 valence electrons. The molecule has 1 rings (SSSR count). The lowest BCUT2D eigenvalue weighted by molar-refractivity contribution is 0.130. The number of allylic oxidation sites excluding steroid dienone is 2. The van der Waals surface area contributed by atoms with Gasteiger partial charge in [-0.05, 0) is 43.0 Å². The zero-order valence-corrected chi connectivity index (χ0v) is 13.8. The molecule has 0 amide bonds. The van der Waals surface area contributed by atoms with Gasteiger partial charge in [0.1, 0.15) is 0 Å². The van der Waals surface area contributed by atoms with Gasteiger partial charge in [-0.2, -0.15) is 5.26 Å².